The van der Waals surface area contributed by atoms with Gasteiger partial charge >= 0.3 is 11.8 Å². The Bertz CT molecular complexity index is 308. The van der Waals surface area contributed by atoms with Gasteiger partial charge < -0.3 is 15.4 Å². The van der Waals surface area contributed by atoms with Crippen molar-refractivity contribution in [2.75, 3.05) is 26.8 Å². The fourth-order valence-corrected chi connectivity index (χ4v) is 1.07. The van der Waals surface area contributed by atoms with Crippen LogP contribution in [0.1, 0.15) is 20.3 Å². The average molecular weight is 241 g/mol. The highest BCUT2D eigenvalue weighted by Crippen LogP contribution is 2.18. The lowest BCUT2D eigenvalue weighted by Gasteiger charge is -2.24. The first-order valence-electron chi connectivity index (χ1n) is 5.35. The van der Waals surface area contributed by atoms with E-state index in [4.69, 9.17) is 10.00 Å². The maximum atomic E-state index is 11.3. The van der Waals surface area contributed by atoms with E-state index in [1.54, 1.807) is 13.2 Å². The van der Waals surface area contributed by atoms with Crippen molar-refractivity contribution in [2.45, 2.75) is 20.3 Å². The first-order valence-corrected chi connectivity index (χ1v) is 5.35. The van der Waals surface area contributed by atoms with Crippen molar-refractivity contribution in [2.24, 2.45) is 5.41 Å². The summed E-state index contributed by atoms with van der Waals surface area (Å²) in [6, 6.07) is 1.73. The van der Waals surface area contributed by atoms with Crippen LogP contribution in [-0.4, -0.2) is 38.6 Å². The van der Waals surface area contributed by atoms with Crippen LogP contribution in [-0.2, 0) is 14.3 Å². The normalized spacial score (nSPS) is 10.5. The Hall–Kier alpha value is -1.61. The molecule has 6 heteroatoms. The summed E-state index contributed by atoms with van der Waals surface area (Å²) in [7, 11) is 1.62. The van der Waals surface area contributed by atoms with Crippen LogP contribution in [0.25, 0.3) is 0 Å². The van der Waals surface area contributed by atoms with Gasteiger partial charge in [-0.3, -0.25) is 9.59 Å². The second-order valence-electron chi connectivity index (χ2n) is 4.43. The highest BCUT2D eigenvalue weighted by Gasteiger charge is 2.20. The van der Waals surface area contributed by atoms with E-state index in [-0.39, 0.29) is 12.0 Å². The lowest BCUT2D eigenvalue weighted by molar-refractivity contribution is -0.139. The van der Waals surface area contributed by atoms with E-state index in [1.165, 1.54) is 0 Å². The zero-order valence-electron chi connectivity index (χ0n) is 10.5. The van der Waals surface area contributed by atoms with Crippen molar-refractivity contribution in [1.82, 2.24) is 10.6 Å². The zero-order chi connectivity index (χ0) is 13.3. The molecule has 0 unspecified atom stereocenters. The van der Waals surface area contributed by atoms with Crippen molar-refractivity contribution in [3.8, 4) is 6.07 Å². The molecule has 0 bridgehead atoms. The van der Waals surface area contributed by atoms with Crippen LogP contribution in [0.15, 0.2) is 0 Å². The zero-order valence-corrected chi connectivity index (χ0v) is 10.5. The van der Waals surface area contributed by atoms with Crippen LogP contribution >= 0.6 is 0 Å². The van der Waals surface area contributed by atoms with Gasteiger partial charge in [-0.1, -0.05) is 13.8 Å². The number of ether oxygens (including phenoxy) is 1. The molecule has 0 fully saturated rings. The molecule has 0 aromatic heterocycles. The predicted octanol–water partition coefficient (Wildman–Crippen LogP) is -0.195. The van der Waals surface area contributed by atoms with Gasteiger partial charge in [-0.05, 0) is 11.8 Å². The SMILES string of the molecule is COCCC(C)(C)CNC(=O)C(=O)NCC#N. The number of nitrogens with zero attached hydrogens (tertiary/aromatic N) is 1. The molecule has 0 heterocycles. The second-order valence-corrected chi connectivity index (χ2v) is 4.43. The number of carbonyl (C=O) groups excluding carboxylic acids is 2. The lowest BCUT2D eigenvalue weighted by Crippen LogP contribution is -2.43. The minimum atomic E-state index is -0.783. The maximum absolute atomic E-state index is 11.3. The first kappa shape index (κ1) is 15.4. The quantitative estimate of drug-likeness (QED) is 0.498. The van der Waals surface area contributed by atoms with Gasteiger partial charge in [0.2, 0.25) is 0 Å². The minimum absolute atomic E-state index is 0.138. The van der Waals surface area contributed by atoms with Crippen LogP contribution in [0, 0.1) is 16.7 Å². The van der Waals surface area contributed by atoms with Crippen LogP contribution in [0.4, 0.5) is 0 Å². The summed E-state index contributed by atoms with van der Waals surface area (Å²) >= 11 is 0. The molecule has 0 aromatic carbocycles. The van der Waals surface area contributed by atoms with Crippen LogP contribution in [0.5, 0.6) is 0 Å². The second kappa shape index (κ2) is 7.63. The Kier molecular flexibility index (Phi) is 6.91. The molecule has 17 heavy (non-hydrogen) atoms. The summed E-state index contributed by atoms with van der Waals surface area (Å²) < 4.78 is 4.96. The summed E-state index contributed by atoms with van der Waals surface area (Å²) in [5.41, 5.74) is -0.138. The molecule has 0 rings (SSSR count). The summed E-state index contributed by atoms with van der Waals surface area (Å²) in [5.74, 6) is -1.50. The lowest BCUT2D eigenvalue weighted by atomic mass is 9.90. The van der Waals surface area contributed by atoms with Gasteiger partial charge in [-0.25, -0.2) is 0 Å². The van der Waals surface area contributed by atoms with Crippen molar-refractivity contribution in [3.05, 3.63) is 0 Å². The molecule has 0 aliphatic heterocycles. The monoisotopic (exact) mass is 241 g/mol. The van der Waals surface area contributed by atoms with Crippen molar-refractivity contribution in [1.29, 1.82) is 5.26 Å². The van der Waals surface area contributed by atoms with E-state index in [2.05, 4.69) is 10.6 Å². The van der Waals surface area contributed by atoms with E-state index in [0.717, 1.165) is 6.42 Å². The standard InChI is InChI=1S/C11H19N3O3/c1-11(2,4-7-17-3)8-14-10(16)9(15)13-6-5-12/h4,6-8H2,1-3H3,(H,13,15)(H,14,16). The van der Waals surface area contributed by atoms with E-state index < -0.39 is 11.8 Å². The number of rotatable bonds is 6. The largest absolute Gasteiger partial charge is 0.385 e. The molecule has 2 amide bonds. The minimum Gasteiger partial charge on any atom is -0.385 e. The molecule has 0 atom stereocenters. The number of methoxy groups -OCH3 is 1. The number of hydrogen-bond acceptors (Lipinski definition) is 4. The molecule has 96 valence electrons. The summed E-state index contributed by atoms with van der Waals surface area (Å²) in [6.07, 6.45) is 0.781. The highest BCUT2D eigenvalue weighted by atomic mass is 16.5. The summed E-state index contributed by atoms with van der Waals surface area (Å²) in [4.78, 5) is 22.4. The molecule has 0 aliphatic carbocycles. The maximum Gasteiger partial charge on any atom is 0.310 e. The van der Waals surface area contributed by atoms with E-state index >= 15 is 0 Å². The Balaban J connectivity index is 3.98. The number of amides is 2. The number of nitriles is 1. The third-order valence-corrected chi connectivity index (χ3v) is 2.24. The molecular weight excluding hydrogens is 222 g/mol. The molecule has 0 radical (unpaired) electrons. The summed E-state index contributed by atoms with van der Waals surface area (Å²) in [5, 5.41) is 12.9. The van der Waals surface area contributed by atoms with Gasteiger partial charge in [-0.15, -0.1) is 0 Å². The fraction of sp³-hybridized carbons (Fsp3) is 0.727. The Morgan fingerprint density at radius 3 is 2.41 bits per heavy atom. The molecule has 6 nitrogen and oxygen atoms in total. The van der Waals surface area contributed by atoms with Gasteiger partial charge in [0.15, 0.2) is 0 Å². The third kappa shape index (κ3) is 7.30. The Morgan fingerprint density at radius 1 is 1.29 bits per heavy atom. The topological polar surface area (TPSA) is 91.2 Å². The molecule has 0 saturated carbocycles. The Labute approximate surface area is 101 Å². The average Bonchev–Trinajstić information content (AvgIpc) is 2.30. The van der Waals surface area contributed by atoms with E-state index in [1.807, 2.05) is 13.8 Å². The smallest absolute Gasteiger partial charge is 0.310 e. The van der Waals surface area contributed by atoms with E-state index in [9.17, 15) is 9.59 Å². The Morgan fingerprint density at radius 2 is 1.88 bits per heavy atom. The van der Waals surface area contributed by atoms with Crippen molar-refractivity contribution >= 4 is 11.8 Å². The molecule has 0 saturated heterocycles. The van der Waals surface area contributed by atoms with Crippen LogP contribution < -0.4 is 10.6 Å². The van der Waals surface area contributed by atoms with Gasteiger partial charge in [0.1, 0.15) is 6.54 Å². The summed E-state index contributed by atoms with van der Waals surface area (Å²) in [6.45, 7) is 4.76. The molecule has 2 N–H and O–H groups in total. The van der Waals surface area contributed by atoms with Crippen LogP contribution in [0.3, 0.4) is 0 Å². The van der Waals surface area contributed by atoms with E-state index in [0.29, 0.717) is 13.2 Å². The molecule has 0 aliphatic rings. The van der Waals surface area contributed by atoms with Gasteiger partial charge in [0.05, 0.1) is 6.07 Å². The predicted molar refractivity (Wildman–Crippen MR) is 61.9 cm³/mol. The third-order valence-electron chi connectivity index (χ3n) is 2.24. The number of carbonyl (C=O) groups is 2. The van der Waals surface area contributed by atoms with Crippen LogP contribution in [0.2, 0.25) is 0 Å². The molecule has 0 spiro atoms. The molecule has 0 aromatic rings. The number of hydrogen-bond donors (Lipinski definition) is 2. The van der Waals surface area contributed by atoms with Crippen molar-refractivity contribution in [3.63, 3.8) is 0 Å². The first-order chi connectivity index (χ1) is 7.93. The van der Waals surface area contributed by atoms with Gasteiger partial charge in [-0.2, -0.15) is 5.26 Å². The van der Waals surface area contributed by atoms with Gasteiger partial charge in [0.25, 0.3) is 0 Å². The highest BCUT2D eigenvalue weighted by molar-refractivity contribution is 6.35. The fourth-order valence-electron chi connectivity index (χ4n) is 1.07. The molecular formula is C11H19N3O3. The van der Waals surface area contributed by atoms with Crippen molar-refractivity contribution < 1.29 is 14.3 Å². The number of nitrogens with one attached hydrogen (secondary N) is 2. The van der Waals surface area contributed by atoms with Gasteiger partial charge in [0, 0.05) is 20.3 Å².